The second-order valence-electron chi connectivity index (χ2n) is 7.41. The van der Waals surface area contributed by atoms with Gasteiger partial charge in [0.25, 0.3) is 15.9 Å². The Hall–Kier alpha value is -2.14. The smallest absolute Gasteiger partial charge is 0.264 e. The summed E-state index contributed by atoms with van der Waals surface area (Å²) < 4.78 is 52.1. The monoisotopic (exact) mass is 485 g/mol. The Kier molecular flexibility index (Phi) is 6.95. The number of hydrogen-bond acceptors (Lipinski definition) is 5. The van der Waals surface area contributed by atoms with Gasteiger partial charge in [0.05, 0.1) is 16.8 Å². The third kappa shape index (κ3) is 5.57. The van der Waals surface area contributed by atoms with Gasteiger partial charge in [-0.15, -0.1) is 0 Å². The number of nitrogens with one attached hydrogen (secondary N) is 1. The van der Waals surface area contributed by atoms with Crippen molar-refractivity contribution in [2.45, 2.75) is 23.8 Å². The average molecular weight is 486 g/mol. The maximum absolute atomic E-state index is 13.0. The van der Waals surface area contributed by atoms with Gasteiger partial charge in [0, 0.05) is 36.8 Å². The van der Waals surface area contributed by atoms with Crippen LogP contribution in [-0.2, 0) is 20.0 Å². The van der Waals surface area contributed by atoms with Crippen molar-refractivity contribution in [2.75, 3.05) is 30.7 Å². The molecule has 0 saturated carbocycles. The number of carbonyl (C=O) groups is 1. The van der Waals surface area contributed by atoms with Crippen LogP contribution >= 0.6 is 11.6 Å². The zero-order chi connectivity index (χ0) is 22.8. The van der Waals surface area contributed by atoms with Crippen molar-refractivity contribution >= 4 is 43.2 Å². The second kappa shape index (κ2) is 9.15. The lowest BCUT2D eigenvalue weighted by atomic mass is 10.1. The van der Waals surface area contributed by atoms with Crippen molar-refractivity contribution < 1.29 is 21.6 Å². The number of sulfonamides is 2. The first kappa shape index (κ1) is 23.5. The molecular weight excluding hydrogens is 462 g/mol. The summed E-state index contributed by atoms with van der Waals surface area (Å²) in [7, 11) is -5.84. The van der Waals surface area contributed by atoms with Crippen molar-refractivity contribution in [1.29, 1.82) is 0 Å². The molecule has 1 unspecified atom stereocenters. The minimum absolute atomic E-state index is 0.0379. The maximum Gasteiger partial charge on any atom is 0.264 e. The van der Waals surface area contributed by atoms with E-state index in [4.69, 9.17) is 11.6 Å². The highest BCUT2D eigenvalue weighted by Crippen LogP contribution is 2.25. The van der Waals surface area contributed by atoms with Crippen LogP contribution < -0.4 is 9.62 Å². The largest absolute Gasteiger partial charge is 0.348 e. The van der Waals surface area contributed by atoms with Crippen LogP contribution in [0.4, 0.5) is 5.69 Å². The zero-order valence-corrected chi connectivity index (χ0v) is 19.5. The summed E-state index contributed by atoms with van der Waals surface area (Å²) in [6.07, 6.45) is 2.42. The molecule has 3 rings (SSSR count). The summed E-state index contributed by atoms with van der Waals surface area (Å²) in [6, 6.07) is 11.8. The third-order valence-corrected chi connectivity index (χ3v) is 8.40. The van der Waals surface area contributed by atoms with Gasteiger partial charge in [0.15, 0.2) is 0 Å². The number of carbonyl (C=O) groups excluding carboxylic acids is 1. The van der Waals surface area contributed by atoms with Gasteiger partial charge in [-0.25, -0.2) is 21.1 Å². The number of piperidine rings is 1. The summed E-state index contributed by atoms with van der Waals surface area (Å²) in [6.45, 7) is 0.620. The minimum Gasteiger partial charge on any atom is -0.348 e. The molecule has 1 heterocycles. The first-order valence-corrected chi connectivity index (χ1v) is 13.3. The molecule has 1 aliphatic heterocycles. The van der Waals surface area contributed by atoms with E-state index < -0.39 is 26.0 Å². The predicted molar refractivity (Wildman–Crippen MR) is 120 cm³/mol. The molecule has 0 bridgehead atoms. The SMILES string of the molecule is CN(c1cccc(Cl)c1)S(=O)(=O)c1cccc(C(=O)NC2CCCN(S(C)(=O)=O)C2)c1. The van der Waals surface area contributed by atoms with E-state index in [0.29, 0.717) is 30.1 Å². The molecule has 1 fully saturated rings. The molecule has 1 saturated heterocycles. The Morgan fingerprint density at radius 2 is 1.84 bits per heavy atom. The molecule has 8 nitrogen and oxygen atoms in total. The van der Waals surface area contributed by atoms with Crippen LogP contribution in [0.1, 0.15) is 23.2 Å². The molecule has 1 amide bonds. The topological polar surface area (TPSA) is 104 Å². The van der Waals surface area contributed by atoms with Gasteiger partial charge in [-0.2, -0.15) is 0 Å². The Labute approximate surface area is 187 Å². The van der Waals surface area contributed by atoms with Crippen LogP contribution in [0, 0.1) is 0 Å². The molecule has 2 aromatic carbocycles. The van der Waals surface area contributed by atoms with E-state index in [9.17, 15) is 21.6 Å². The summed E-state index contributed by atoms with van der Waals surface area (Å²) in [4.78, 5) is 12.7. The van der Waals surface area contributed by atoms with E-state index >= 15 is 0 Å². The van der Waals surface area contributed by atoms with Crippen LogP contribution in [0.25, 0.3) is 0 Å². The lowest BCUT2D eigenvalue weighted by molar-refractivity contribution is 0.0921. The fourth-order valence-electron chi connectivity index (χ4n) is 3.40. The van der Waals surface area contributed by atoms with E-state index in [1.54, 1.807) is 18.2 Å². The van der Waals surface area contributed by atoms with Crippen LogP contribution in [0.2, 0.25) is 5.02 Å². The lowest BCUT2D eigenvalue weighted by Crippen LogP contribution is -2.49. The van der Waals surface area contributed by atoms with Crippen LogP contribution in [0.5, 0.6) is 0 Å². The summed E-state index contributed by atoms with van der Waals surface area (Å²) in [5.41, 5.74) is 0.572. The molecule has 1 atom stereocenters. The van der Waals surface area contributed by atoms with Gasteiger partial charge in [0.1, 0.15) is 0 Å². The quantitative estimate of drug-likeness (QED) is 0.676. The maximum atomic E-state index is 13.0. The molecule has 168 valence electrons. The van der Waals surface area contributed by atoms with Gasteiger partial charge >= 0.3 is 0 Å². The molecule has 0 radical (unpaired) electrons. The molecule has 0 aliphatic carbocycles. The summed E-state index contributed by atoms with van der Waals surface area (Å²) >= 11 is 5.97. The number of nitrogens with zero attached hydrogens (tertiary/aromatic N) is 2. The fourth-order valence-corrected chi connectivity index (χ4v) is 5.73. The number of halogens is 1. The molecule has 0 aromatic heterocycles. The number of amides is 1. The van der Waals surface area contributed by atoms with Crippen LogP contribution in [0.15, 0.2) is 53.4 Å². The van der Waals surface area contributed by atoms with E-state index in [0.717, 1.165) is 10.6 Å². The van der Waals surface area contributed by atoms with Gasteiger partial charge < -0.3 is 5.32 Å². The van der Waals surface area contributed by atoms with Crippen molar-refractivity contribution in [3.05, 3.63) is 59.1 Å². The second-order valence-corrected chi connectivity index (χ2v) is 11.8. The Balaban J connectivity index is 1.78. The third-order valence-electron chi connectivity index (χ3n) is 5.11. The molecule has 1 aliphatic rings. The van der Waals surface area contributed by atoms with Crippen molar-refractivity contribution in [3.8, 4) is 0 Å². The summed E-state index contributed by atoms with van der Waals surface area (Å²) in [5.74, 6) is -0.456. The number of rotatable bonds is 6. The van der Waals surface area contributed by atoms with E-state index in [1.165, 1.54) is 41.7 Å². The predicted octanol–water partition coefficient (Wildman–Crippen LogP) is 2.32. The molecule has 31 heavy (non-hydrogen) atoms. The first-order valence-electron chi connectivity index (χ1n) is 9.59. The minimum atomic E-state index is -3.92. The van der Waals surface area contributed by atoms with Gasteiger partial charge in [-0.05, 0) is 49.2 Å². The van der Waals surface area contributed by atoms with Crippen molar-refractivity contribution in [3.63, 3.8) is 0 Å². The Bertz CT molecular complexity index is 1180. The van der Waals surface area contributed by atoms with Gasteiger partial charge in [-0.1, -0.05) is 23.7 Å². The number of benzene rings is 2. The highest BCUT2D eigenvalue weighted by Gasteiger charge is 2.28. The fraction of sp³-hybridized carbons (Fsp3) is 0.350. The highest BCUT2D eigenvalue weighted by atomic mass is 35.5. The first-order chi connectivity index (χ1) is 14.5. The Morgan fingerprint density at radius 1 is 1.13 bits per heavy atom. The number of anilines is 1. The standard InChI is InChI=1S/C20H24ClN3O5S2/c1-23(18-9-4-7-16(21)13-18)31(28,29)19-10-3-6-15(12-19)20(25)22-17-8-5-11-24(14-17)30(2,26)27/h3-4,6-7,9-10,12-13,17H,5,8,11,14H2,1-2H3,(H,22,25). The Morgan fingerprint density at radius 3 is 2.52 bits per heavy atom. The molecule has 2 aromatic rings. The van der Waals surface area contributed by atoms with Crippen molar-refractivity contribution in [2.24, 2.45) is 0 Å². The summed E-state index contributed by atoms with van der Waals surface area (Å²) in [5, 5.41) is 3.22. The molecular formula is C20H24ClN3O5S2. The van der Waals surface area contributed by atoms with Crippen LogP contribution in [-0.4, -0.2) is 59.5 Å². The van der Waals surface area contributed by atoms with E-state index in [1.807, 2.05) is 0 Å². The lowest BCUT2D eigenvalue weighted by Gasteiger charge is -2.31. The highest BCUT2D eigenvalue weighted by molar-refractivity contribution is 7.92. The van der Waals surface area contributed by atoms with Gasteiger partial charge in [0.2, 0.25) is 10.0 Å². The van der Waals surface area contributed by atoms with E-state index in [-0.39, 0.29) is 23.0 Å². The van der Waals surface area contributed by atoms with Gasteiger partial charge in [-0.3, -0.25) is 9.10 Å². The van der Waals surface area contributed by atoms with Crippen LogP contribution in [0.3, 0.4) is 0 Å². The van der Waals surface area contributed by atoms with E-state index in [2.05, 4.69) is 5.32 Å². The molecule has 11 heteroatoms. The normalized spacial score (nSPS) is 17.8. The average Bonchev–Trinajstić information content (AvgIpc) is 2.73. The number of hydrogen-bond donors (Lipinski definition) is 1. The zero-order valence-electron chi connectivity index (χ0n) is 17.2. The van der Waals surface area contributed by atoms with Crippen molar-refractivity contribution in [1.82, 2.24) is 9.62 Å². The molecule has 0 spiro atoms. The molecule has 1 N–H and O–H groups in total.